The van der Waals surface area contributed by atoms with Gasteiger partial charge in [-0.3, -0.25) is 0 Å². The van der Waals surface area contributed by atoms with E-state index in [1.165, 1.54) is 0 Å². The summed E-state index contributed by atoms with van der Waals surface area (Å²) in [6.07, 6.45) is 0. The van der Waals surface area contributed by atoms with E-state index in [4.69, 9.17) is 0 Å². The molecule has 0 saturated carbocycles. The fourth-order valence-electron chi connectivity index (χ4n) is 0. The van der Waals surface area contributed by atoms with E-state index in [-0.39, 0.29) is 88.7 Å². The fraction of sp³-hybridized carbons (Fsp3) is 0. The molecule has 0 unspecified atom stereocenters. The predicted octanol–water partition coefficient (Wildman–Crippen LogP) is -0.601. The van der Waals surface area contributed by atoms with Crippen LogP contribution < -0.4 is 0 Å². The van der Waals surface area contributed by atoms with Crippen LogP contribution in [0, 0.1) is 0 Å². The molecule has 0 N–H and O–H groups in total. The second kappa shape index (κ2) is 167. The maximum absolute atomic E-state index is 0. The van der Waals surface area contributed by atoms with Crippen molar-refractivity contribution in [1.29, 1.82) is 0 Å². The van der Waals surface area contributed by atoms with Crippen molar-refractivity contribution in [2.24, 2.45) is 0 Å². The molecule has 0 saturated heterocycles. The van der Waals surface area contributed by atoms with Crippen molar-refractivity contribution < 1.29 is 88.7 Å². The first-order valence-electron chi connectivity index (χ1n) is 0. The van der Waals surface area contributed by atoms with E-state index in [0.29, 0.717) is 0 Å². The molecule has 0 aliphatic heterocycles. The SMILES string of the molecule is [Ir+3].[O-2].[O-2].[O-2].[O-2].[O-2].[Ru+3].[Ti+4]. The Labute approximate surface area is 88.1 Å². The van der Waals surface area contributed by atoms with Crippen LogP contribution in [0.2, 0.25) is 0 Å². The van der Waals surface area contributed by atoms with Crippen molar-refractivity contribution in [1.82, 2.24) is 0 Å². The minimum atomic E-state index is 0. The Balaban J connectivity index is 0. The van der Waals surface area contributed by atoms with E-state index in [2.05, 4.69) is 0 Å². The van der Waals surface area contributed by atoms with Crippen molar-refractivity contribution in [3.63, 3.8) is 0 Å². The van der Waals surface area contributed by atoms with Gasteiger partial charge >= 0.3 is 61.3 Å². The quantitative estimate of drug-likeness (QED) is 0.461. The van der Waals surface area contributed by atoms with E-state index >= 15 is 0 Å². The molecular weight excluding hydrogens is 421 g/mol. The molecule has 0 fully saturated rings. The van der Waals surface area contributed by atoms with Crippen LogP contribution >= 0.6 is 0 Å². The van der Waals surface area contributed by atoms with Crippen LogP contribution in [0.1, 0.15) is 0 Å². The van der Waals surface area contributed by atoms with Crippen molar-refractivity contribution in [2.75, 3.05) is 0 Å². The molecule has 0 aromatic carbocycles. The topological polar surface area (TPSA) is 142 Å². The predicted molar refractivity (Wildman–Crippen MR) is 3.43 cm³/mol. The molecule has 0 amide bonds. The Hall–Kier alpha value is 1.79. The van der Waals surface area contributed by atoms with Gasteiger partial charge < -0.3 is 27.4 Å². The first-order valence-corrected chi connectivity index (χ1v) is 0. The maximum Gasteiger partial charge on any atom is 4.00 e. The normalized spacial score (nSPS) is 0. The zero-order valence-corrected chi connectivity index (χ0v) is 8.92. The van der Waals surface area contributed by atoms with E-state index in [0.717, 1.165) is 0 Å². The molecule has 0 heterocycles. The van der Waals surface area contributed by atoms with Gasteiger partial charge in [0.05, 0.1) is 0 Å². The van der Waals surface area contributed by atoms with Crippen LogP contribution in [0.25, 0.3) is 0 Å². The van der Waals surface area contributed by atoms with Gasteiger partial charge in [-0.15, -0.1) is 0 Å². The summed E-state index contributed by atoms with van der Waals surface area (Å²) in [5.41, 5.74) is 0. The van der Waals surface area contributed by atoms with Crippen LogP contribution in [0.5, 0.6) is 0 Å². The molecule has 51 valence electrons. The van der Waals surface area contributed by atoms with Crippen LogP contribution in [-0.4, -0.2) is 0 Å². The van der Waals surface area contributed by atoms with Gasteiger partial charge in [-0.2, -0.15) is 0 Å². The Kier molecular flexibility index (Phi) is 4940. The van der Waals surface area contributed by atoms with Gasteiger partial charge in [0, 0.05) is 0 Å². The van der Waals surface area contributed by atoms with Crippen molar-refractivity contribution in [3.05, 3.63) is 0 Å². The second-order valence-corrected chi connectivity index (χ2v) is 0. The molecule has 0 spiro atoms. The molecule has 0 aromatic heterocycles. The van der Waals surface area contributed by atoms with Gasteiger partial charge in [-0.25, -0.2) is 0 Å². The third-order valence-electron chi connectivity index (χ3n) is 0. The van der Waals surface area contributed by atoms with Gasteiger partial charge in [0.25, 0.3) is 0 Å². The average molecular weight is 421 g/mol. The van der Waals surface area contributed by atoms with E-state index in [1.807, 2.05) is 0 Å². The van der Waals surface area contributed by atoms with Crippen molar-refractivity contribution in [3.8, 4) is 0 Å². The molecule has 1 radical (unpaired) electrons. The summed E-state index contributed by atoms with van der Waals surface area (Å²) in [6.45, 7) is 0. The third kappa shape index (κ3) is 112. The van der Waals surface area contributed by atoms with Gasteiger partial charge in [-0.1, -0.05) is 0 Å². The summed E-state index contributed by atoms with van der Waals surface area (Å²) >= 11 is 0. The molecule has 0 aliphatic carbocycles. The average Bonchev–Trinajstić information content (AvgIpc) is 0. The zero-order chi connectivity index (χ0) is 0. The van der Waals surface area contributed by atoms with Crippen molar-refractivity contribution >= 4 is 0 Å². The molecule has 0 aromatic rings. The molecular formula is IrO5RuTi. The summed E-state index contributed by atoms with van der Waals surface area (Å²) in [5.74, 6) is 0. The van der Waals surface area contributed by atoms with Gasteiger partial charge in [0.15, 0.2) is 0 Å². The van der Waals surface area contributed by atoms with E-state index < -0.39 is 0 Å². The van der Waals surface area contributed by atoms with Gasteiger partial charge in [0.2, 0.25) is 0 Å². The number of hydrogen-bond donors (Lipinski definition) is 0. The Morgan fingerprint density at radius 2 is 0.500 bits per heavy atom. The molecule has 8 heteroatoms. The monoisotopic (exact) mass is 423 g/mol. The Morgan fingerprint density at radius 3 is 0.500 bits per heavy atom. The second-order valence-electron chi connectivity index (χ2n) is 0. The largest absolute Gasteiger partial charge is 4.00 e. The van der Waals surface area contributed by atoms with E-state index in [1.54, 1.807) is 0 Å². The first kappa shape index (κ1) is 237. The third-order valence-corrected chi connectivity index (χ3v) is 0. The van der Waals surface area contributed by atoms with Crippen LogP contribution in [-0.2, 0) is 88.7 Å². The van der Waals surface area contributed by atoms with Crippen molar-refractivity contribution in [2.45, 2.75) is 0 Å². The summed E-state index contributed by atoms with van der Waals surface area (Å²) < 4.78 is 0. The minimum absolute atomic E-state index is 0. The zero-order valence-electron chi connectivity index (χ0n) is 3.23. The summed E-state index contributed by atoms with van der Waals surface area (Å²) in [5, 5.41) is 0. The minimum Gasteiger partial charge on any atom is -2.00 e. The smallest absolute Gasteiger partial charge is 2.00 e. The van der Waals surface area contributed by atoms with Crippen LogP contribution in [0.4, 0.5) is 0 Å². The molecule has 8 heavy (non-hydrogen) atoms. The van der Waals surface area contributed by atoms with Gasteiger partial charge in [0.1, 0.15) is 0 Å². The molecule has 0 aliphatic rings. The van der Waals surface area contributed by atoms with E-state index in [9.17, 15) is 0 Å². The molecule has 0 rings (SSSR count). The number of hydrogen-bond acceptors (Lipinski definition) is 0. The number of rotatable bonds is 0. The molecule has 5 nitrogen and oxygen atoms in total. The maximum atomic E-state index is 0. The summed E-state index contributed by atoms with van der Waals surface area (Å²) in [7, 11) is 0. The summed E-state index contributed by atoms with van der Waals surface area (Å²) in [4.78, 5) is 0. The Bertz CT molecular complexity index is 12.4. The van der Waals surface area contributed by atoms with Crippen LogP contribution in [0.3, 0.4) is 0 Å². The Morgan fingerprint density at radius 1 is 0.500 bits per heavy atom. The van der Waals surface area contributed by atoms with Gasteiger partial charge in [-0.05, 0) is 0 Å². The molecule has 0 bridgehead atoms. The van der Waals surface area contributed by atoms with Crippen LogP contribution in [0.15, 0.2) is 0 Å². The summed E-state index contributed by atoms with van der Waals surface area (Å²) in [6, 6.07) is 0. The standard InChI is InChI=1S/Ir.5O.Ru.Ti/q+3;5*-2;+3;+4. The first-order chi connectivity index (χ1) is 0. The fourth-order valence-corrected chi connectivity index (χ4v) is 0. The molecule has 0 atom stereocenters.